The highest BCUT2D eigenvalue weighted by molar-refractivity contribution is 7.99. The van der Waals surface area contributed by atoms with Crippen LogP contribution in [0.25, 0.3) is 32.7 Å². The number of aromatic hydroxyl groups is 1. The number of allylic oxidation sites excluding steroid dienone is 1. The number of nitrogens with zero attached hydrogens (tertiary/aromatic N) is 10. The average Bonchev–Trinajstić information content (AvgIpc) is 4.14. The van der Waals surface area contributed by atoms with Crippen molar-refractivity contribution in [3.63, 3.8) is 0 Å². The van der Waals surface area contributed by atoms with Crippen LogP contribution in [0.3, 0.4) is 0 Å². The van der Waals surface area contributed by atoms with Crippen LogP contribution in [-0.4, -0.2) is 115 Å². The van der Waals surface area contributed by atoms with Crippen LogP contribution in [-0.2, 0) is 57.0 Å². The maximum atomic E-state index is 12.6. The molecule has 0 bridgehead atoms. The number of fused-ring (bicyclic) bond motifs is 6. The number of azo groups is 3. The Morgan fingerprint density at radius 2 is 1.41 bits per heavy atom. The number of thiazole rings is 1. The maximum Gasteiger partial charge on any atom is 0.296 e. The van der Waals surface area contributed by atoms with Gasteiger partial charge < -0.3 is 14.6 Å². The van der Waals surface area contributed by atoms with E-state index >= 15 is 0 Å². The number of nitriles is 1. The molecular weight excluding hydrogens is 1200 g/mol. The summed E-state index contributed by atoms with van der Waals surface area (Å²) < 4.78 is 182. The zero-order valence-corrected chi connectivity index (χ0v) is 46.6. The van der Waals surface area contributed by atoms with Crippen molar-refractivity contribution in [2.24, 2.45) is 30.7 Å². The zero-order valence-electron chi connectivity index (χ0n) is 40.1. The summed E-state index contributed by atoms with van der Waals surface area (Å²) in [5.41, 5.74) is 0.948. The van der Waals surface area contributed by atoms with Gasteiger partial charge in [0.15, 0.2) is 11.3 Å². The molecule has 6 N–H and O–H groups in total. The molecule has 0 aliphatic heterocycles. The number of thioether (sulfide) groups is 1. The van der Waals surface area contributed by atoms with Gasteiger partial charge in [0.1, 0.15) is 61.2 Å². The second-order valence-electron chi connectivity index (χ2n) is 16.7. The van der Waals surface area contributed by atoms with Crippen LogP contribution < -0.4 is 9.47 Å². The fourth-order valence-electron chi connectivity index (χ4n) is 7.77. The van der Waals surface area contributed by atoms with Crippen molar-refractivity contribution >= 4 is 152 Å². The van der Waals surface area contributed by atoms with Gasteiger partial charge in [0.05, 0.1) is 51.2 Å². The van der Waals surface area contributed by atoms with Gasteiger partial charge in [-0.05, 0) is 74.8 Å². The first-order valence-corrected chi connectivity index (χ1v) is 31.8. The first-order valence-electron chi connectivity index (χ1n) is 22.1. The number of rotatable bonds is 20. The summed E-state index contributed by atoms with van der Waals surface area (Å²) in [4.78, 5) is 5.76. The number of pyridine rings is 1. The highest BCUT2D eigenvalue weighted by atomic mass is 35.5. The normalized spacial score (nSPS) is 13.7. The largest absolute Gasteiger partial charge is 0.494 e. The number of halogens is 1. The van der Waals surface area contributed by atoms with Gasteiger partial charge in [-0.25, -0.2) is 9.97 Å². The van der Waals surface area contributed by atoms with E-state index in [1.54, 1.807) is 13.0 Å². The molecule has 7 aromatic rings. The van der Waals surface area contributed by atoms with Crippen LogP contribution >= 0.6 is 34.7 Å². The number of imidazole rings is 1. The number of benzene rings is 4. The molecule has 4 aromatic carbocycles. The van der Waals surface area contributed by atoms with Crippen molar-refractivity contribution in [3.8, 4) is 23.4 Å². The van der Waals surface area contributed by atoms with Crippen molar-refractivity contribution in [3.05, 3.63) is 76.1 Å². The number of methoxy groups -OCH3 is 1. The first kappa shape index (κ1) is 58.5. The molecule has 28 nitrogen and oxygen atoms in total. The smallest absolute Gasteiger partial charge is 0.296 e. The lowest BCUT2D eigenvalue weighted by atomic mass is 10.1. The number of hydrogen-bond acceptors (Lipinski definition) is 24. The summed E-state index contributed by atoms with van der Waals surface area (Å²) in [6.45, 7) is 1.23. The Hall–Kier alpha value is -6.66. The Kier molecular flexibility index (Phi) is 16.6. The molecule has 0 saturated carbocycles. The van der Waals surface area contributed by atoms with E-state index in [-0.39, 0.29) is 113 Å². The van der Waals surface area contributed by atoms with Crippen molar-refractivity contribution in [1.82, 2.24) is 14.4 Å². The van der Waals surface area contributed by atoms with Crippen molar-refractivity contribution in [1.29, 1.82) is 5.26 Å². The Morgan fingerprint density at radius 1 is 0.759 bits per heavy atom. The summed E-state index contributed by atoms with van der Waals surface area (Å²) in [7, 11) is -23.3. The van der Waals surface area contributed by atoms with Crippen LogP contribution in [0.2, 0.25) is 5.02 Å². The monoisotopic (exact) mass is 1240 g/mol. The van der Waals surface area contributed by atoms with E-state index in [4.69, 9.17) is 21.1 Å². The molecule has 0 atom stereocenters. The van der Waals surface area contributed by atoms with E-state index in [1.807, 2.05) is 6.08 Å². The van der Waals surface area contributed by atoms with E-state index < -0.39 is 87.7 Å². The molecule has 0 amide bonds. The van der Waals surface area contributed by atoms with Gasteiger partial charge in [-0.3, -0.25) is 27.2 Å². The van der Waals surface area contributed by atoms with E-state index in [9.17, 15) is 75.2 Å². The predicted molar refractivity (Wildman–Crippen MR) is 285 cm³/mol. The van der Waals surface area contributed by atoms with Gasteiger partial charge in [0.2, 0.25) is 11.0 Å². The average molecular weight is 1240 g/mol. The highest BCUT2D eigenvalue weighted by Gasteiger charge is 2.28. The molecule has 79 heavy (non-hydrogen) atoms. The third-order valence-corrected chi connectivity index (χ3v) is 17.9. The fourth-order valence-corrected chi connectivity index (χ4v) is 13.1. The molecule has 3 heterocycles. The van der Waals surface area contributed by atoms with E-state index in [1.165, 1.54) is 35.8 Å². The third-order valence-electron chi connectivity index (χ3n) is 11.3. The maximum absolute atomic E-state index is 12.6. The minimum absolute atomic E-state index is 0.0181. The van der Waals surface area contributed by atoms with Crippen LogP contribution in [0, 0.1) is 18.3 Å². The SMILES string of the molecule is COc1cc(N=Nc2cc(Cl)c(N=Nc3c(C)c(C#N)c4nc5c(n4c3O)C=CCC5)cc2OCCCS(=O)(=O)O)c(SCCCS(=O)(=O)O)cc1N=Nc1nc2c(S(=O)(=O)O)cc3c(S(=O)(=O)O)cc(S(=O)(=O)O)cc3c2s1. The molecule has 36 heteroatoms. The standard InChI is InChI=1S/C43H37ClN10O18S7/c1-21-25(20-45)41-46-27-7-3-4-8-32(27)54(41)42(55)38(21)52-48-28-17-34(72-9-5-11-75(56,57)58)29(16-26(28)44)49-51-31-18-33(71-2)30(19-35(31)73-10-6-12-76(59,60)61)50-53-43-47-39-37(79(68,69)70)15-23-24(40(39)74-43)13-22(77(62,63)64)14-36(23)78(65,66)67/h4,8,13-19,55H,3,5-7,9-12H2,1-2H3,(H,56,57,58)(H,59,60,61)(H,62,63,64)(H,65,66,67)(H,68,69,70). The lowest BCUT2D eigenvalue weighted by Crippen LogP contribution is -2.08. The molecule has 1 aliphatic rings. The van der Waals surface area contributed by atoms with E-state index in [0.717, 1.165) is 17.8 Å². The lowest BCUT2D eigenvalue weighted by molar-refractivity contribution is 0.317. The summed E-state index contributed by atoms with van der Waals surface area (Å²) in [6.07, 6.45) is 4.64. The van der Waals surface area contributed by atoms with Crippen LogP contribution in [0.4, 0.5) is 33.6 Å². The molecule has 0 saturated heterocycles. The molecule has 0 unspecified atom stereocenters. The molecule has 0 spiro atoms. The van der Waals surface area contributed by atoms with Gasteiger partial charge in [-0.15, -0.1) is 42.4 Å². The topological polar surface area (TPSA) is 439 Å². The molecular formula is C43H37ClN10O18S7. The summed E-state index contributed by atoms with van der Waals surface area (Å²) >= 11 is 8.24. The minimum Gasteiger partial charge on any atom is -0.494 e. The second kappa shape index (κ2) is 22.5. The summed E-state index contributed by atoms with van der Waals surface area (Å²) in [6, 6.07) is 9.06. The molecule has 0 fully saturated rings. The van der Waals surface area contributed by atoms with Gasteiger partial charge in [-0.1, -0.05) is 29.0 Å². The quantitative estimate of drug-likeness (QED) is 0.0179. The zero-order chi connectivity index (χ0) is 57.6. The Bertz CT molecular complexity index is 4470. The number of aryl methyl sites for hydroxylation is 1. The summed E-state index contributed by atoms with van der Waals surface area (Å²) in [5, 5.41) is 45.6. The number of aromatic nitrogens is 3. The molecule has 8 rings (SSSR count). The van der Waals surface area contributed by atoms with Crippen LogP contribution in [0.5, 0.6) is 17.4 Å². The van der Waals surface area contributed by atoms with Gasteiger partial charge in [0, 0.05) is 33.4 Å². The molecule has 1 aliphatic carbocycles. The molecule has 416 valence electrons. The second-order valence-corrected chi connectivity index (χ2v) is 26.5. The fraction of sp³-hybridized carbons (Fsp3) is 0.233. The predicted octanol–water partition coefficient (Wildman–Crippen LogP) is 9.62. The Morgan fingerprint density at radius 3 is 2.06 bits per heavy atom. The molecule has 0 radical (unpaired) electrons. The van der Waals surface area contributed by atoms with Crippen molar-refractivity contribution in [2.45, 2.75) is 52.2 Å². The van der Waals surface area contributed by atoms with Crippen molar-refractivity contribution < 1.29 is 79.4 Å². The van der Waals surface area contributed by atoms with Gasteiger partial charge >= 0.3 is 0 Å². The summed E-state index contributed by atoms with van der Waals surface area (Å²) in [5.74, 6) is -1.84. The lowest BCUT2D eigenvalue weighted by Gasteiger charge is -2.12. The first-order chi connectivity index (χ1) is 37.0. The van der Waals surface area contributed by atoms with Crippen LogP contribution in [0.1, 0.15) is 41.8 Å². The highest BCUT2D eigenvalue weighted by Crippen LogP contribution is 2.47. The Labute approximate surface area is 461 Å². The van der Waals surface area contributed by atoms with Gasteiger partial charge in [-0.2, -0.15) is 47.4 Å². The Balaban J connectivity index is 1.21. The van der Waals surface area contributed by atoms with Crippen molar-refractivity contribution in [2.75, 3.05) is 31.0 Å². The third kappa shape index (κ3) is 13.2. The van der Waals surface area contributed by atoms with E-state index in [0.29, 0.717) is 47.7 Å². The minimum atomic E-state index is -5.32. The van der Waals surface area contributed by atoms with E-state index in [2.05, 4.69) is 46.7 Å². The number of hydrogen-bond donors (Lipinski definition) is 6. The van der Waals surface area contributed by atoms with Gasteiger partial charge in [0.25, 0.3) is 50.6 Å². The number of ether oxygens (including phenoxy) is 2. The van der Waals surface area contributed by atoms with Crippen LogP contribution in [0.15, 0.2) is 98.8 Å². The molecule has 3 aromatic heterocycles.